The predicted molar refractivity (Wildman–Crippen MR) is 88.4 cm³/mol. The Morgan fingerprint density at radius 2 is 2.00 bits per heavy atom. The summed E-state index contributed by atoms with van der Waals surface area (Å²) in [5, 5.41) is 3.44. The minimum atomic E-state index is 0.767. The Morgan fingerprint density at radius 3 is 2.75 bits per heavy atom. The van der Waals surface area contributed by atoms with Crippen LogP contribution in [0.3, 0.4) is 0 Å². The zero-order chi connectivity index (χ0) is 14.4. The van der Waals surface area contributed by atoms with Crippen molar-refractivity contribution >= 4 is 21.6 Å². The Labute approximate surface area is 129 Å². The third-order valence-corrected chi connectivity index (χ3v) is 3.92. The molecule has 0 saturated carbocycles. The van der Waals surface area contributed by atoms with Crippen molar-refractivity contribution in [1.82, 2.24) is 0 Å². The van der Waals surface area contributed by atoms with Crippen LogP contribution in [0, 0.1) is 6.92 Å². The van der Waals surface area contributed by atoms with Crippen LogP contribution in [0.25, 0.3) is 0 Å². The molecule has 20 heavy (non-hydrogen) atoms. The maximum absolute atomic E-state index is 5.65. The highest BCUT2D eigenvalue weighted by atomic mass is 79.9. The Bertz CT molecular complexity index is 569. The molecule has 0 atom stereocenters. The van der Waals surface area contributed by atoms with Crippen molar-refractivity contribution in [2.75, 3.05) is 11.9 Å². The molecular weight excluding hydrogens is 314 g/mol. The minimum Gasteiger partial charge on any atom is -0.494 e. The predicted octanol–water partition coefficient (Wildman–Crippen LogP) is 5.16. The van der Waals surface area contributed by atoms with Gasteiger partial charge >= 0.3 is 0 Å². The quantitative estimate of drug-likeness (QED) is 0.788. The van der Waals surface area contributed by atoms with Crippen LogP contribution < -0.4 is 10.1 Å². The van der Waals surface area contributed by atoms with E-state index < -0.39 is 0 Å². The SMILES string of the molecule is CCCOc1cccc(CNc2ccc(Br)c(C)c2)c1. The number of ether oxygens (including phenoxy) is 1. The van der Waals surface area contributed by atoms with E-state index in [1.165, 1.54) is 11.1 Å². The summed E-state index contributed by atoms with van der Waals surface area (Å²) in [6, 6.07) is 14.5. The van der Waals surface area contributed by atoms with Gasteiger partial charge < -0.3 is 10.1 Å². The molecule has 0 saturated heterocycles. The molecule has 0 unspecified atom stereocenters. The van der Waals surface area contributed by atoms with Crippen LogP contribution in [0.15, 0.2) is 46.9 Å². The summed E-state index contributed by atoms with van der Waals surface area (Å²) in [5.41, 5.74) is 3.58. The standard InChI is InChI=1S/C17H20BrNO/c1-3-9-20-16-6-4-5-14(11-16)12-19-15-7-8-17(18)13(2)10-15/h4-8,10-11,19H,3,9,12H2,1-2H3. The first-order chi connectivity index (χ1) is 9.69. The van der Waals surface area contributed by atoms with Gasteiger partial charge in [0.25, 0.3) is 0 Å². The van der Waals surface area contributed by atoms with Crippen LogP contribution in [-0.2, 0) is 6.54 Å². The summed E-state index contributed by atoms with van der Waals surface area (Å²) in [4.78, 5) is 0. The summed E-state index contributed by atoms with van der Waals surface area (Å²) in [6.07, 6.45) is 1.03. The highest BCUT2D eigenvalue weighted by molar-refractivity contribution is 9.10. The molecule has 0 bridgehead atoms. The second-order valence-corrected chi connectivity index (χ2v) is 5.67. The van der Waals surface area contributed by atoms with Crippen LogP contribution in [-0.4, -0.2) is 6.61 Å². The van der Waals surface area contributed by atoms with E-state index in [2.05, 4.69) is 65.4 Å². The van der Waals surface area contributed by atoms with Gasteiger partial charge in [-0.1, -0.05) is 35.0 Å². The summed E-state index contributed by atoms with van der Waals surface area (Å²) >= 11 is 3.51. The third kappa shape index (κ3) is 4.27. The number of benzene rings is 2. The van der Waals surface area contributed by atoms with Gasteiger partial charge in [-0.2, -0.15) is 0 Å². The van der Waals surface area contributed by atoms with Gasteiger partial charge in [0, 0.05) is 16.7 Å². The monoisotopic (exact) mass is 333 g/mol. The normalized spacial score (nSPS) is 10.3. The van der Waals surface area contributed by atoms with E-state index in [4.69, 9.17) is 4.74 Å². The lowest BCUT2D eigenvalue weighted by molar-refractivity contribution is 0.317. The Hall–Kier alpha value is -1.48. The Morgan fingerprint density at radius 1 is 1.15 bits per heavy atom. The molecule has 0 fully saturated rings. The first-order valence-corrected chi connectivity index (χ1v) is 7.70. The second-order valence-electron chi connectivity index (χ2n) is 4.81. The molecule has 0 heterocycles. The number of anilines is 1. The van der Waals surface area contributed by atoms with Gasteiger partial charge in [-0.3, -0.25) is 0 Å². The molecule has 2 aromatic rings. The van der Waals surface area contributed by atoms with Gasteiger partial charge in [-0.05, 0) is 54.8 Å². The molecule has 2 nitrogen and oxygen atoms in total. The molecule has 0 amide bonds. The lowest BCUT2D eigenvalue weighted by atomic mass is 10.2. The highest BCUT2D eigenvalue weighted by Crippen LogP contribution is 2.21. The fraction of sp³-hybridized carbons (Fsp3) is 0.294. The van der Waals surface area contributed by atoms with Gasteiger partial charge in [0.05, 0.1) is 6.61 Å². The van der Waals surface area contributed by atoms with E-state index >= 15 is 0 Å². The number of hydrogen-bond donors (Lipinski definition) is 1. The first kappa shape index (κ1) is 14.9. The Kier molecular flexibility index (Phi) is 5.48. The van der Waals surface area contributed by atoms with E-state index in [-0.39, 0.29) is 0 Å². The summed E-state index contributed by atoms with van der Waals surface area (Å²) < 4.78 is 6.79. The number of aryl methyl sites for hydroxylation is 1. The van der Waals surface area contributed by atoms with Crippen molar-refractivity contribution in [3.63, 3.8) is 0 Å². The lowest BCUT2D eigenvalue weighted by Gasteiger charge is -2.10. The van der Waals surface area contributed by atoms with Crippen LogP contribution in [0.5, 0.6) is 5.75 Å². The molecule has 0 aliphatic heterocycles. The van der Waals surface area contributed by atoms with Crippen molar-refractivity contribution in [1.29, 1.82) is 0 Å². The maximum atomic E-state index is 5.65. The molecule has 106 valence electrons. The zero-order valence-electron chi connectivity index (χ0n) is 11.9. The van der Waals surface area contributed by atoms with Crippen LogP contribution in [0.2, 0.25) is 0 Å². The van der Waals surface area contributed by atoms with Gasteiger partial charge in [0.2, 0.25) is 0 Å². The van der Waals surface area contributed by atoms with Crippen molar-refractivity contribution in [3.8, 4) is 5.75 Å². The minimum absolute atomic E-state index is 0.767. The van der Waals surface area contributed by atoms with E-state index in [1.54, 1.807) is 0 Å². The van der Waals surface area contributed by atoms with Gasteiger partial charge in [0.15, 0.2) is 0 Å². The zero-order valence-corrected chi connectivity index (χ0v) is 13.5. The molecule has 0 aromatic heterocycles. The molecular formula is C17H20BrNO. The van der Waals surface area contributed by atoms with Crippen molar-refractivity contribution in [2.24, 2.45) is 0 Å². The van der Waals surface area contributed by atoms with Crippen LogP contribution in [0.4, 0.5) is 5.69 Å². The fourth-order valence-corrected chi connectivity index (χ4v) is 2.17. The third-order valence-electron chi connectivity index (χ3n) is 3.03. The van der Waals surface area contributed by atoms with Gasteiger partial charge in [-0.25, -0.2) is 0 Å². The van der Waals surface area contributed by atoms with Gasteiger partial charge in [0.1, 0.15) is 5.75 Å². The molecule has 0 radical (unpaired) electrons. The largest absolute Gasteiger partial charge is 0.494 e. The number of hydrogen-bond acceptors (Lipinski definition) is 2. The average molecular weight is 334 g/mol. The van der Waals surface area contributed by atoms with Crippen molar-refractivity contribution in [2.45, 2.75) is 26.8 Å². The summed E-state index contributed by atoms with van der Waals surface area (Å²) in [6.45, 7) is 5.77. The van der Waals surface area contributed by atoms with E-state index in [1.807, 2.05) is 12.1 Å². The van der Waals surface area contributed by atoms with Gasteiger partial charge in [-0.15, -0.1) is 0 Å². The average Bonchev–Trinajstić information content (AvgIpc) is 2.47. The summed E-state index contributed by atoms with van der Waals surface area (Å²) in [7, 11) is 0. The summed E-state index contributed by atoms with van der Waals surface area (Å²) in [5.74, 6) is 0.943. The van der Waals surface area contributed by atoms with E-state index in [0.29, 0.717) is 0 Å². The van der Waals surface area contributed by atoms with Crippen LogP contribution >= 0.6 is 15.9 Å². The molecule has 3 heteroatoms. The number of halogens is 1. The van der Waals surface area contributed by atoms with Crippen LogP contribution in [0.1, 0.15) is 24.5 Å². The Balaban J connectivity index is 1.97. The molecule has 0 spiro atoms. The molecule has 2 aromatic carbocycles. The number of nitrogens with one attached hydrogen (secondary N) is 1. The van der Waals surface area contributed by atoms with Crippen molar-refractivity contribution in [3.05, 3.63) is 58.1 Å². The molecule has 1 N–H and O–H groups in total. The van der Waals surface area contributed by atoms with E-state index in [0.717, 1.165) is 35.5 Å². The lowest BCUT2D eigenvalue weighted by Crippen LogP contribution is -2.01. The highest BCUT2D eigenvalue weighted by Gasteiger charge is 1.99. The molecule has 0 aliphatic rings. The van der Waals surface area contributed by atoms with E-state index in [9.17, 15) is 0 Å². The topological polar surface area (TPSA) is 21.3 Å². The number of rotatable bonds is 6. The molecule has 0 aliphatic carbocycles. The first-order valence-electron chi connectivity index (χ1n) is 6.91. The fourth-order valence-electron chi connectivity index (χ4n) is 1.92. The van der Waals surface area contributed by atoms with Crippen molar-refractivity contribution < 1.29 is 4.74 Å². The molecule has 2 rings (SSSR count). The maximum Gasteiger partial charge on any atom is 0.119 e. The smallest absolute Gasteiger partial charge is 0.119 e. The second kappa shape index (κ2) is 7.34.